The lowest BCUT2D eigenvalue weighted by molar-refractivity contribution is -0.126. The zero-order valence-electron chi connectivity index (χ0n) is 8.04. The number of carbonyl (C=O) groups excluding carboxylic acids is 1. The molecule has 0 aromatic rings. The van der Waals surface area contributed by atoms with E-state index in [1.54, 1.807) is 0 Å². The predicted molar refractivity (Wildman–Crippen MR) is 53.2 cm³/mol. The van der Waals surface area contributed by atoms with Crippen LogP contribution in [0.5, 0.6) is 0 Å². The Morgan fingerprint density at radius 3 is 3.00 bits per heavy atom. The maximum atomic E-state index is 11.3. The van der Waals surface area contributed by atoms with E-state index in [2.05, 4.69) is 6.58 Å². The largest absolute Gasteiger partial charge is 0.339 e. The Kier molecular flexibility index (Phi) is 3.96. The van der Waals surface area contributed by atoms with Crippen molar-refractivity contribution in [3.8, 4) is 0 Å². The van der Waals surface area contributed by atoms with E-state index in [1.807, 2.05) is 4.90 Å². The fraction of sp³-hybridized carbons (Fsp3) is 0.700. The number of rotatable bonds is 2. The van der Waals surface area contributed by atoms with Crippen molar-refractivity contribution in [2.24, 2.45) is 11.7 Å². The van der Waals surface area contributed by atoms with Gasteiger partial charge in [0.05, 0.1) is 0 Å². The molecule has 0 aromatic carbocycles. The van der Waals surface area contributed by atoms with Crippen molar-refractivity contribution < 1.29 is 4.79 Å². The second kappa shape index (κ2) is 5.02. The molecule has 1 saturated heterocycles. The first kappa shape index (κ1) is 10.3. The number of nitrogens with two attached hydrogens (primary N) is 1. The Hall–Kier alpha value is -0.830. The average Bonchev–Trinajstić information content (AvgIpc) is 2.41. The zero-order valence-corrected chi connectivity index (χ0v) is 8.04. The molecule has 2 N–H and O–H groups in total. The summed E-state index contributed by atoms with van der Waals surface area (Å²) in [6.45, 7) is 5.85. The van der Waals surface area contributed by atoms with Gasteiger partial charge in [-0.2, -0.15) is 0 Å². The van der Waals surface area contributed by atoms with Crippen LogP contribution in [-0.4, -0.2) is 30.4 Å². The lowest BCUT2D eigenvalue weighted by atomic mass is 10.0. The third-order valence-electron chi connectivity index (χ3n) is 2.59. The average molecular weight is 182 g/mol. The Bertz CT molecular complexity index is 191. The van der Waals surface area contributed by atoms with Gasteiger partial charge in [0.25, 0.3) is 0 Å². The van der Waals surface area contributed by atoms with E-state index in [-0.39, 0.29) is 5.91 Å². The lowest BCUT2D eigenvalue weighted by Crippen LogP contribution is -2.35. The summed E-state index contributed by atoms with van der Waals surface area (Å²) in [5, 5.41) is 0. The normalized spacial score (nSPS) is 23.8. The summed E-state index contributed by atoms with van der Waals surface area (Å²) in [5.74, 6) is 0.520. The topological polar surface area (TPSA) is 46.3 Å². The molecular formula is C10H18N2O. The van der Waals surface area contributed by atoms with E-state index in [0.29, 0.717) is 12.5 Å². The second-order valence-electron chi connectivity index (χ2n) is 3.59. The van der Waals surface area contributed by atoms with Crippen LogP contribution < -0.4 is 5.73 Å². The van der Waals surface area contributed by atoms with Gasteiger partial charge in [0, 0.05) is 13.1 Å². The summed E-state index contributed by atoms with van der Waals surface area (Å²) in [6.07, 6.45) is 4.81. The number of hydrogen-bond donors (Lipinski definition) is 1. The van der Waals surface area contributed by atoms with Crippen LogP contribution in [0.25, 0.3) is 0 Å². The summed E-state index contributed by atoms with van der Waals surface area (Å²) in [7, 11) is 0. The minimum atomic E-state index is 0.0420. The number of nitrogens with zero attached hydrogens (tertiary/aromatic N) is 1. The molecule has 3 heteroatoms. The molecule has 1 amide bonds. The molecule has 1 atom stereocenters. The minimum absolute atomic E-state index is 0.0420. The van der Waals surface area contributed by atoms with Crippen molar-refractivity contribution in [3.63, 3.8) is 0 Å². The first-order chi connectivity index (χ1) is 6.27. The van der Waals surface area contributed by atoms with Gasteiger partial charge in [-0.1, -0.05) is 13.0 Å². The fourth-order valence-electron chi connectivity index (χ4n) is 1.75. The summed E-state index contributed by atoms with van der Waals surface area (Å²) < 4.78 is 0. The summed E-state index contributed by atoms with van der Waals surface area (Å²) in [5.41, 5.74) is 5.61. The number of hydrogen-bond acceptors (Lipinski definition) is 2. The quantitative estimate of drug-likeness (QED) is 0.641. The first-order valence-corrected chi connectivity index (χ1v) is 4.89. The van der Waals surface area contributed by atoms with E-state index in [0.717, 1.165) is 25.9 Å². The van der Waals surface area contributed by atoms with E-state index < -0.39 is 0 Å². The van der Waals surface area contributed by atoms with Gasteiger partial charge in [0.2, 0.25) is 5.91 Å². The predicted octanol–water partition coefficient (Wildman–Crippen LogP) is 0.760. The smallest absolute Gasteiger partial charge is 0.245 e. The Morgan fingerprint density at radius 1 is 1.62 bits per heavy atom. The van der Waals surface area contributed by atoms with Crippen LogP contribution in [0.15, 0.2) is 12.7 Å². The molecule has 1 aliphatic rings. The van der Waals surface area contributed by atoms with Crippen LogP contribution >= 0.6 is 0 Å². The van der Waals surface area contributed by atoms with Crippen molar-refractivity contribution in [3.05, 3.63) is 12.7 Å². The minimum Gasteiger partial charge on any atom is -0.339 e. The molecule has 1 fully saturated rings. The molecule has 0 bridgehead atoms. The molecule has 1 heterocycles. The van der Waals surface area contributed by atoms with Crippen LogP contribution in [0.2, 0.25) is 0 Å². The third-order valence-corrected chi connectivity index (χ3v) is 2.59. The molecule has 0 spiro atoms. The van der Waals surface area contributed by atoms with E-state index >= 15 is 0 Å². The van der Waals surface area contributed by atoms with Gasteiger partial charge in [0.1, 0.15) is 0 Å². The summed E-state index contributed by atoms with van der Waals surface area (Å²) in [4.78, 5) is 13.2. The molecule has 3 nitrogen and oxygen atoms in total. The van der Waals surface area contributed by atoms with Crippen molar-refractivity contribution in [1.29, 1.82) is 0 Å². The van der Waals surface area contributed by atoms with Gasteiger partial charge in [0.15, 0.2) is 0 Å². The first-order valence-electron chi connectivity index (χ1n) is 4.89. The molecule has 0 radical (unpaired) electrons. The molecule has 1 aliphatic heterocycles. The van der Waals surface area contributed by atoms with Crippen LogP contribution in [0, 0.1) is 5.92 Å². The SMILES string of the molecule is C=CC(=O)N1CCCCC(CN)C1. The van der Waals surface area contributed by atoms with E-state index in [1.165, 1.54) is 12.5 Å². The second-order valence-corrected chi connectivity index (χ2v) is 3.59. The van der Waals surface area contributed by atoms with Crippen molar-refractivity contribution in [2.45, 2.75) is 19.3 Å². The molecule has 0 aliphatic carbocycles. The zero-order chi connectivity index (χ0) is 9.68. The highest BCUT2D eigenvalue weighted by Gasteiger charge is 2.18. The van der Waals surface area contributed by atoms with E-state index in [4.69, 9.17) is 5.73 Å². The highest BCUT2D eigenvalue weighted by Crippen LogP contribution is 2.15. The molecule has 0 saturated carbocycles. The third kappa shape index (κ3) is 2.84. The van der Waals surface area contributed by atoms with Gasteiger partial charge >= 0.3 is 0 Å². The lowest BCUT2D eigenvalue weighted by Gasteiger charge is -2.22. The molecule has 1 rings (SSSR count). The molecule has 0 aromatic heterocycles. The van der Waals surface area contributed by atoms with Crippen LogP contribution in [-0.2, 0) is 4.79 Å². The Balaban J connectivity index is 2.53. The highest BCUT2D eigenvalue weighted by molar-refractivity contribution is 5.86. The van der Waals surface area contributed by atoms with Crippen LogP contribution in [0.4, 0.5) is 0 Å². The number of carbonyl (C=O) groups is 1. The molecular weight excluding hydrogens is 164 g/mol. The van der Waals surface area contributed by atoms with Gasteiger partial charge in [-0.3, -0.25) is 4.79 Å². The van der Waals surface area contributed by atoms with Crippen molar-refractivity contribution in [1.82, 2.24) is 4.90 Å². The standard InChI is InChI=1S/C10H18N2O/c1-2-10(13)12-6-4-3-5-9(7-11)8-12/h2,9H,1,3-8,11H2. The highest BCUT2D eigenvalue weighted by atomic mass is 16.2. The van der Waals surface area contributed by atoms with Gasteiger partial charge in [-0.05, 0) is 31.4 Å². The maximum Gasteiger partial charge on any atom is 0.245 e. The number of likely N-dealkylation sites (tertiary alicyclic amines) is 1. The van der Waals surface area contributed by atoms with Crippen LogP contribution in [0.3, 0.4) is 0 Å². The summed E-state index contributed by atoms with van der Waals surface area (Å²) in [6, 6.07) is 0. The van der Waals surface area contributed by atoms with Crippen LogP contribution in [0.1, 0.15) is 19.3 Å². The van der Waals surface area contributed by atoms with E-state index in [9.17, 15) is 4.79 Å². The molecule has 13 heavy (non-hydrogen) atoms. The number of amides is 1. The van der Waals surface area contributed by atoms with Gasteiger partial charge in [-0.15, -0.1) is 0 Å². The monoisotopic (exact) mass is 182 g/mol. The Labute approximate surface area is 79.6 Å². The Morgan fingerprint density at radius 2 is 2.38 bits per heavy atom. The van der Waals surface area contributed by atoms with Gasteiger partial charge in [-0.25, -0.2) is 0 Å². The fourth-order valence-corrected chi connectivity index (χ4v) is 1.75. The summed E-state index contributed by atoms with van der Waals surface area (Å²) >= 11 is 0. The van der Waals surface area contributed by atoms with Gasteiger partial charge < -0.3 is 10.6 Å². The molecule has 74 valence electrons. The maximum absolute atomic E-state index is 11.3. The van der Waals surface area contributed by atoms with Crippen molar-refractivity contribution in [2.75, 3.05) is 19.6 Å². The molecule has 1 unspecified atom stereocenters. The van der Waals surface area contributed by atoms with Crippen molar-refractivity contribution >= 4 is 5.91 Å².